The van der Waals surface area contributed by atoms with Gasteiger partial charge in [-0.15, -0.1) is 0 Å². The van der Waals surface area contributed by atoms with Crippen LogP contribution in [-0.2, 0) is 4.74 Å². The molecule has 0 bridgehead atoms. The van der Waals surface area contributed by atoms with E-state index in [0.717, 1.165) is 11.0 Å². The van der Waals surface area contributed by atoms with Gasteiger partial charge in [-0.1, -0.05) is 0 Å². The number of nitrogens with zero attached hydrogens (tertiary/aromatic N) is 1. The molecule has 0 spiro atoms. The Kier molecular flexibility index (Phi) is 3.81. The first kappa shape index (κ1) is 10.9. The predicted octanol–water partition coefficient (Wildman–Crippen LogP) is 2.59. The quantitative estimate of drug-likeness (QED) is 0.729. The summed E-state index contributed by atoms with van der Waals surface area (Å²) in [7, 11) is 7.76. The number of halogens is 1. The van der Waals surface area contributed by atoms with E-state index >= 15 is 0 Å². The van der Waals surface area contributed by atoms with Gasteiger partial charge in [0.25, 0.3) is 0 Å². The number of hydrogen-bond acceptors (Lipinski definition) is 4. The van der Waals surface area contributed by atoms with Crippen molar-refractivity contribution < 1.29 is 9.53 Å². The van der Waals surface area contributed by atoms with Crippen LogP contribution >= 0.6 is 21.7 Å². The molecular weight excluding hydrogens is 222 g/mol. The van der Waals surface area contributed by atoms with Crippen LogP contribution in [0.25, 0.3) is 0 Å². The molecule has 5 heteroatoms. The highest BCUT2D eigenvalue weighted by atomic mass is 35.7. The summed E-state index contributed by atoms with van der Waals surface area (Å²) in [5.74, 6) is -0.495. The molecule has 72 valence electrons. The summed E-state index contributed by atoms with van der Waals surface area (Å²) in [6, 6.07) is 6.60. The minimum atomic E-state index is -0.495. The highest BCUT2D eigenvalue weighted by Crippen LogP contribution is 2.27. The van der Waals surface area contributed by atoms with Crippen molar-refractivity contribution in [2.75, 3.05) is 7.11 Å². The summed E-state index contributed by atoms with van der Waals surface area (Å²) in [5, 5.41) is 8.64. The molecule has 0 aliphatic rings. The predicted molar refractivity (Wildman–Crippen MR) is 54.2 cm³/mol. The molecule has 0 radical (unpaired) electrons. The van der Waals surface area contributed by atoms with Crippen LogP contribution < -0.4 is 0 Å². The van der Waals surface area contributed by atoms with Crippen LogP contribution in [0.5, 0.6) is 0 Å². The number of benzene rings is 1. The molecule has 0 aliphatic heterocycles. The van der Waals surface area contributed by atoms with Crippen molar-refractivity contribution in [1.82, 2.24) is 0 Å². The maximum absolute atomic E-state index is 11.3. The minimum absolute atomic E-state index is 0.312. The fourth-order valence-electron chi connectivity index (χ4n) is 0.936. The van der Waals surface area contributed by atoms with Crippen molar-refractivity contribution in [3.63, 3.8) is 0 Å². The molecule has 0 fully saturated rings. The zero-order valence-corrected chi connectivity index (χ0v) is 8.85. The Morgan fingerprint density at radius 2 is 2.36 bits per heavy atom. The smallest absolute Gasteiger partial charge is 0.339 e. The van der Waals surface area contributed by atoms with E-state index < -0.39 is 5.97 Å². The lowest BCUT2D eigenvalue weighted by Gasteiger charge is -2.03. The average Bonchev–Trinajstić information content (AvgIpc) is 2.27. The molecule has 0 saturated carbocycles. The Hall–Kier alpha value is -1.18. The van der Waals surface area contributed by atoms with E-state index in [4.69, 9.17) is 15.9 Å². The summed E-state index contributed by atoms with van der Waals surface area (Å²) < 4.78 is 4.56. The molecule has 0 atom stereocenters. The molecular formula is C9H6ClNO2S. The first-order valence-corrected chi connectivity index (χ1v) is 5.28. The normalized spacial score (nSPS) is 9.21. The first-order valence-electron chi connectivity index (χ1n) is 3.64. The fourth-order valence-corrected chi connectivity index (χ4v) is 1.68. The molecule has 0 unspecified atom stereocenters. The molecule has 1 rings (SSSR count). The van der Waals surface area contributed by atoms with E-state index in [1.807, 2.05) is 6.07 Å². The number of nitriles is 1. The first-order chi connectivity index (χ1) is 6.72. The lowest BCUT2D eigenvalue weighted by Crippen LogP contribution is -2.03. The van der Waals surface area contributed by atoms with Crippen LogP contribution in [0.3, 0.4) is 0 Å². The second kappa shape index (κ2) is 4.89. The lowest BCUT2D eigenvalue weighted by atomic mass is 10.1. The Morgan fingerprint density at radius 3 is 2.86 bits per heavy atom. The molecule has 0 aliphatic carbocycles. The Morgan fingerprint density at radius 1 is 1.64 bits per heavy atom. The van der Waals surface area contributed by atoms with E-state index in [2.05, 4.69) is 4.74 Å². The van der Waals surface area contributed by atoms with E-state index in [0.29, 0.717) is 16.0 Å². The monoisotopic (exact) mass is 227 g/mol. The van der Waals surface area contributed by atoms with Gasteiger partial charge in [0, 0.05) is 4.90 Å². The van der Waals surface area contributed by atoms with Gasteiger partial charge in [0.2, 0.25) is 0 Å². The van der Waals surface area contributed by atoms with Gasteiger partial charge in [0.1, 0.15) is 0 Å². The third-order valence-electron chi connectivity index (χ3n) is 1.60. The molecule has 1 aromatic carbocycles. The molecule has 0 saturated heterocycles. The molecule has 3 nitrogen and oxygen atoms in total. The number of hydrogen-bond donors (Lipinski definition) is 0. The summed E-state index contributed by atoms with van der Waals surface area (Å²) in [6.07, 6.45) is 0. The van der Waals surface area contributed by atoms with Gasteiger partial charge in [-0.2, -0.15) is 5.26 Å². The van der Waals surface area contributed by atoms with Gasteiger partial charge in [0.15, 0.2) is 0 Å². The fraction of sp³-hybridized carbons (Fsp3) is 0.111. The summed E-state index contributed by atoms with van der Waals surface area (Å²) in [5.41, 5.74) is 0.714. The highest BCUT2D eigenvalue weighted by molar-refractivity contribution is 8.21. The van der Waals surface area contributed by atoms with Crippen LogP contribution in [0, 0.1) is 11.3 Å². The van der Waals surface area contributed by atoms with Gasteiger partial charge >= 0.3 is 5.97 Å². The molecule has 0 heterocycles. The van der Waals surface area contributed by atoms with Crippen molar-refractivity contribution in [3.05, 3.63) is 29.3 Å². The largest absolute Gasteiger partial charge is 0.465 e. The van der Waals surface area contributed by atoms with Crippen molar-refractivity contribution in [3.8, 4) is 6.07 Å². The molecule has 1 aromatic rings. The third kappa shape index (κ3) is 2.19. The standard InChI is InChI=1S/C9H6ClNO2S/c1-13-9(12)7-4-6(5-11)2-3-8(7)14-10/h2-4H,1H3. The second-order valence-corrected chi connectivity index (χ2v) is 3.45. The van der Waals surface area contributed by atoms with E-state index in [1.165, 1.54) is 13.2 Å². The van der Waals surface area contributed by atoms with Crippen LogP contribution in [0.2, 0.25) is 0 Å². The zero-order chi connectivity index (χ0) is 10.6. The van der Waals surface area contributed by atoms with E-state index in [9.17, 15) is 4.79 Å². The van der Waals surface area contributed by atoms with Crippen LogP contribution in [0.1, 0.15) is 15.9 Å². The van der Waals surface area contributed by atoms with E-state index in [-0.39, 0.29) is 0 Å². The number of rotatable bonds is 2. The van der Waals surface area contributed by atoms with Crippen LogP contribution in [-0.4, -0.2) is 13.1 Å². The van der Waals surface area contributed by atoms with Gasteiger partial charge < -0.3 is 4.74 Å². The summed E-state index contributed by atoms with van der Waals surface area (Å²) >= 11 is 0. The molecule has 0 amide bonds. The Bertz CT molecular complexity index is 400. The average molecular weight is 228 g/mol. The maximum Gasteiger partial charge on any atom is 0.339 e. The van der Waals surface area contributed by atoms with E-state index in [1.54, 1.807) is 12.1 Å². The number of carbonyl (C=O) groups excluding carboxylic acids is 1. The Balaban J connectivity index is 3.23. The summed E-state index contributed by atoms with van der Waals surface area (Å²) in [6.45, 7) is 0. The maximum atomic E-state index is 11.3. The topological polar surface area (TPSA) is 50.1 Å². The number of ether oxygens (including phenoxy) is 1. The van der Waals surface area contributed by atoms with Crippen molar-refractivity contribution in [1.29, 1.82) is 5.26 Å². The SMILES string of the molecule is COC(=O)c1cc(C#N)ccc1SCl. The lowest BCUT2D eigenvalue weighted by molar-refractivity contribution is 0.0597. The molecule has 0 aromatic heterocycles. The molecule has 0 N–H and O–H groups in total. The third-order valence-corrected chi connectivity index (χ3v) is 2.62. The van der Waals surface area contributed by atoms with Gasteiger partial charge in [-0.3, -0.25) is 0 Å². The van der Waals surface area contributed by atoms with Crippen molar-refractivity contribution >= 4 is 27.6 Å². The van der Waals surface area contributed by atoms with Crippen molar-refractivity contribution in [2.45, 2.75) is 4.90 Å². The van der Waals surface area contributed by atoms with Gasteiger partial charge in [-0.25, -0.2) is 4.79 Å². The summed E-state index contributed by atoms with van der Waals surface area (Å²) in [4.78, 5) is 11.8. The highest BCUT2D eigenvalue weighted by Gasteiger charge is 2.12. The van der Waals surface area contributed by atoms with Gasteiger partial charge in [-0.05, 0) is 39.9 Å². The minimum Gasteiger partial charge on any atom is -0.465 e. The molecule has 14 heavy (non-hydrogen) atoms. The number of carbonyl (C=O) groups is 1. The van der Waals surface area contributed by atoms with Crippen LogP contribution in [0.4, 0.5) is 0 Å². The number of esters is 1. The number of methoxy groups -OCH3 is 1. The van der Waals surface area contributed by atoms with Crippen molar-refractivity contribution in [2.24, 2.45) is 0 Å². The van der Waals surface area contributed by atoms with Crippen LogP contribution in [0.15, 0.2) is 23.1 Å². The Labute approximate surface area is 90.1 Å². The zero-order valence-electron chi connectivity index (χ0n) is 7.28. The second-order valence-electron chi connectivity index (χ2n) is 2.39. The van der Waals surface area contributed by atoms with Gasteiger partial charge in [0.05, 0.1) is 24.3 Å².